The lowest BCUT2D eigenvalue weighted by atomic mass is 10.2. The minimum Gasteiger partial charge on any atom is -0.438 e. The quantitative estimate of drug-likeness (QED) is 0.927. The van der Waals surface area contributed by atoms with Gasteiger partial charge in [0.25, 0.3) is 0 Å². The summed E-state index contributed by atoms with van der Waals surface area (Å²) in [7, 11) is 0. The zero-order chi connectivity index (χ0) is 13.1. The second-order valence-corrected chi connectivity index (χ2v) is 4.59. The molecular formula is C13H12Cl2N2O. The van der Waals surface area contributed by atoms with Crippen LogP contribution in [0.1, 0.15) is 11.1 Å². The highest BCUT2D eigenvalue weighted by atomic mass is 35.5. The summed E-state index contributed by atoms with van der Waals surface area (Å²) in [5.41, 5.74) is 7.30. The second kappa shape index (κ2) is 5.57. The van der Waals surface area contributed by atoms with Crippen LogP contribution in [0.25, 0.3) is 0 Å². The predicted octanol–water partition coefficient (Wildman–Crippen LogP) is 3.95. The van der Waals surface area contributed by atoms with Crippen molar-refractivity contribution in [3.05, 3.63) is 51.6 Å². The molecule has 0 spiro atoms. The number of benzene rings is 1. The molecule has 0 aliphatic rings. The minimum atomic E-state index is 0.345. The molecule has 0 amide bonds. The number of nitrogens with two attached hydrogens (primary N) is 1. The van der Waals surface area contributed by atoms with E-state index < -0.39 is 0 Å². The third-order valence-corrected chi connectivity index (χ3v) is 3.33. The van der Waals surface area contributed by atoms with E-state index in [1.807, 2.05) is 13.0 Å². The molecule has 1 heterocycles. The van der Waals surface area contributed by atoms with Gasteiger partial charge in [-0.2, -0.15) is 0 Å². The highest BCUT2D eigenvalue weighted by molar-refractivity contribution is 6.32. The van der Waals surface area contributed by atoms with Crippen molar-refractivity contribution < 1.29 is 4.74 Å². The minimum absolute atomic E-state index is 0.345. The summed E-state index contributed by atoms with van der Waals surface area (Å²) in [5.74, 6) is 0.988. The largest absolute Gasteiger partial charge is 0.438 e. The van der Waals surface area contributed by atoms with Crippen molar-refractivity contribution in [2.45, 2.75) is 13.5 Å². The van der Waals surface area contributed by atoms with E-state index in [1.54, 1.807) is 24.4 Å². The maximum absolute atomic E-state index is 6.14. The molecular weight excluding hydrogens is 271 g/mol. The van der Waals surface area contributed by atoms with Crippen LogP contribution in [0.2, 0.25) is 10.0 Å². The Hall–Kier alpha value is -1.29. The van der Waals surface area contributed by atoms with Gasteiger partial charge in [-0.15, -0.1) is 0 Å². The molecule has 0 saturated heterocycles. The number of hydrogen-bond acceptors (Lipinski definition) is 3. The molecule has 0 aliphatic carbocycles. The molecule has 0 atom stereocenters. The van der Waals surface area contributed by atoms with E-state index in [-0.39, 0.29) is 0 Å². The van der Waals surface area contributed by atoms with Crippen LogP contribution in [0.4, 0.5) is 0 Å². The van der Waals surface area contributed by atoms with Crippen molar-refractivity contribution in [1.29, 1.82) is 0 Å². The number of hydrogen-bond donors (Lipinski definition) is 1. The van der Waals surface area contributed by atoms with E-state index in [9.17, 15) is 0 Å². The average Bonchev–Trinajstić information content (AvgIpc) is 2.36. The molecule has 2 N–H and O–H groups in total. The van der Waals surface area contributed by atoms with Crippen LogP contribution in [0.15, 0.2) is 30.5 Å². The Bertz CT molecular complexity index is 573. The number of pyridine rings is 1. The summed E-state index contributed by atoms with van der Waals surface area (Å²) in [6.07, 6.45) is 1.62. The van der Waals surface area contributed by atoms with Crippen molar-refractivity contribution in [2.24, 2.45) is 5.73 Å². The van der Waals surface area contributed by atoms with Crippen LogP contribution in [-0.4, -0.2) is 4.98 Å². The first-order valence-electron chi connectivity index (χ1n) is 5.39. The number of aryl methyl sites for hydroxylation is 1. The lowest BCUT2D eigenvalue weighted by Gasteiger charge is -2.09. The second-order valence-electron chi connectivity index (χ2n) is 3.81. The summed E-state index contributed by atoms with van der Waals surface area (Å²) in [6, 6.07) is 7.13. The molecule has 5 heteroatoms. The van der Waals surface area contributed by atoms with Gasteiger partial charge in [-0.05, 0) is 42.3 Å². The van der Waals surface area contributed by atoms with Crippen LogP contribution in [0.3, 0.4) is 0 Å². The third-order valence-electron chi connectivity index (χ3n) is 2.50. The summed E-state index contributed by atoms with van der Waals surface area (Å²) in [5, 5.41) is 1.13. The highest BCUT2D eigenvalue weighted by Gasteiger charge is 2.09. The van der Waals surface area contributed by atoms with Gasteiger partial charge in [0.1, 0.15) is 10.8 Å². The zero-order valence-electron chi connectivity index (χ0n) is 9.78. The van der Waals surface area contributed by atoms with Gasteiger partial charge in [-0.3, -0.25) is 0 Å². The Balaban J connectivity index is 2.31. The van der Waals surface area contributed by atoms with Gasteiger partial charge >= 0.3 is 0 Å². The molecule has 1 aromatic carbocycles. The van der Waals surface area contributed by atoms with Gasteiger partial charge in [0.15, 0.2) is 0 Å². The monoisotopic (exact) mass is 282 g/mol. The van der Waals surface area contributed by atoms with E-state index in [0.29, 0.717) is 28.2 Å². The molecule has 1 aromatic heterocycles. The fourth-order valence-electron chi connectivity index (χ4n) is 1.48. The smallest absolute Gasteiger partial charge is 0.238 e. The molecule has 0 saturated carbocycles. The van der Waals surface area contributed by atoms with Gasteiger partial charge in [-0.1, -0.05) is 23.2 Å². The number of halogens is 2. The Morgan fingerprint density at radius 1 is 1.28 bits per heavy atom. The van der Waals surface area contributed by atoms with Crippen LogP contribution < -0.4 is 10.5 Å². The van der Waals surface area contributed by atoms with Gasteiger partial charge in [0, 0.05) is 17.8 Å². The Kier molecular flexibility index (Phi) is 4.07. The van der Waals surface area contributed by atoms with Crippen LogP contribution in [0, 0.1) is 6.92 Å². The summed E-state index contributed by atoms with van der Waals surface area (Å²) in [6.45, 7) is 2.25. The maximum Gasteiger partial charge on any atom is 0.238 e. The molecule has 0 unspecified atom stereocenters. The van der Waals surface area contributed by atoms with Crippen molar-refractivity contribution >= 4 is 23.2 Å². The lowest BCUT2D eigenvalue weighted by Crippen LogP contribution is -1.99. The molecule has 0 bridgehead atoms. The van der Waals surface area contributed by atoms with Gasteiger partial charge in [0.05, 0.1) is 0 Å². The Labute approximate surface area is 115 Å². The molecule has 94 valence electrons. The zero-order valence-corrected chi connectivity index (χ0v) is 11.3. The van der Waals surface area contributed by atoms with Gasteiger partial charge < -0.3 is 10.5 Å². The average molecular weight is 283 g/mol. The van der Waals surface area contributed by atoms with E-state index in [0.717, 1.165) is 11.1 Å². The molecule has 2 rings (SSSR count). The van der Waals surface area contributed by atoms with Crippen molar-refractivity contribution in [1.82, 2.24) is 4.98 Å². The number of aromatic nitrogens is 1. The molecule has 0 fully saturated rings. The van der Waals surface area contributed by atoms with Crippen LogP contribution in [0.5, 0.6) is 11.6 Å². The summed E-state index contributed by atoms with van der Waals surface area (Å²) < 4.78 is 5.63. The first kappa shape index (κ1) is 13.1. The van der Waals surface area contributed by atoms with Crippen LogP contribution >= 0.6 is 23.2 Å². The van der Waals surface area contributed by atoms with E-state index in [4.69, 9.17) is 33.7 Å². The number of nitrogens with zero attached hydrogens (tertiary/aromatic N) is 1. The van der Waals surface area contributed by atoms with E-state index in [2.05, 4.69) is 4.98 Å². The first-order valence-corrected chi connectivity index (χ1v) is 6.15. The lowest BCUT2D eigenvalue weighted by molar-refractivity contribution is 0.462. The van der Waals surface area contributed by atoms with Gasteiger partial charge in [-0.25, -0.2) is 4.98 Å². The summed E-state index contributed by atoms with van der Waals surface area (Å²) in [4.78, 5) is 4.09. The topological polar surface area (TPSA) is 48.1 Å². The first-order chi connectivity index (χ1) is 8.61. The number of rotatable bonds is 3. The van der Waals surface area contributed by atoms with E-state index in [1.165, 1.54) is 0 Å². The highest BCUT2D eigenvalue weighted by Crippen LogP contribution is 2.31. The predicted molar refractivity (Wildman–Crippen MR) is 73.4 cm³/mol. The van der Waals surface area contributed by atoms with Crippen molar-refractivity contribution in [3.8, 4) is 11.6 Å². The van der Waals surface area contributed by atoms with Crippen molar-refractivity contribution in [3.63, 3.8) is 0 Å². The Morgan fingerprint density at radius 2 is 2.06 bits per heavy atom. The number of ether oxygens (including phenoxy) is 1. The fraction of sp³-hybridized carbons (Fsp3) is 0.154. The molecule has 2 aromatic rings. The van der Waals surface area contributed by atoms with Crippen LogP contribution in [-0.2, 0) is 6.54 Å². The molecule has 18 heavy (non-hydrogen) atoms. The fourth-order valence-corrected chi connectivity index (χ4v) is 1.83. The SMILES string of the molecule is Cc1cc(Oc2nccc(CN)c2Cl)ccc1Cl. The normalized spacial score (nSPS) is 10.4. The standard InChI is InChI=1S/C13H12Cl2N2O/c1-8-6-10(2-3-11(8)14)18-13-12(15)9(7-16)4-5-17-13/h2-6H,7,16H2,1H3. The van der Waals surface area contributed by atoms with E-state index >= 15 is 0 Å². The molecule has 3 nitrogen and oxygen atoms in total. The Morgan fingerprint density at radius 3 is 2.72 bits per heavy atom. The van der Waals surface area contributed by atoms with Gasteiger partial charge in [0.2, 0.25) is 5.88 Å². The third kappa shape index (κ3) is 2.75. The maximum atomic E-state index is 6.14. The molecule has 0 radical (unpaired) electrons. The summed E-state index contributed by atoms with van der Waals surface area (Å²) >= 11 is 12.1. The molecule has 0 aliphatic heterocycles. The van der Waals surface area contributed by atoms with Crippen molar-refractivity contribution in [2.75, 3.05) is 0 Å².